The smallest absolute Gasteiger partial charge is 0.347 e. The highest BCUT2D eigenvalue weighted by Crippen LogP contribution is 2.19. The third-order valence-corrected chi connectivity index (χ3v) is 3.17. The summed E-state index contributed by atoms with van der Waals surface area (Å²) in [4.78, 5) is 25.9. The van der Waals surface area contributed by atoms with Gasteiger partial charge in [0.05, 0.1) is 6.54 Å². The van der Waals surface area contributed by atoms with Crippen LogP contribution in [0.15, 0.2) is 0 Å². The SMILES string of the molecule is C[C@H](NC(=O)NC1CCN(CC(F)(F)F)C1)C(=O)N(C)C. The van der Waals surface area contributed by atoms with E-state index < -0.39 is 24.8 Å². The molecule has 1 aliphatic rings. The molecule has 6 nitrogen and oxygen atoms in total. The fourth-order valence-corrected chi connectivity index (χ4v) is 2.22. The van der Waals surface area contributed by atoms with Gasteiger partial charge in [0.25, 0.3) is 0 Å². The van der Waals surface area contributed by atoms with Crippen LogP contribution in [0.4, 0.5) is 18.0 Å². The molecule has 1 saturated heterocycles. The summed E-state index contributed by atoms with van der Waals surface area (Å²) in [5, 5.41) is 5.06. The number of alkyl halides is 3. The lowest BCUT2D eigenvalue weighted by atomic mass is 10.2. The van der Waals surface area contributed by atoms with Crippen molar-refractivity contribution >= 4 is 11.9 Å². The van der Waals surface area contributed by atoms with Crippen LogP contribution in [0.2, 0.25) is 0 Å². The molecular weight excluding hydrogens is 289 g/mol. The zero-order chi connectivity index (χ0) is 16.2. The molecule has 0 aromatic heterocycles. The molecule has 1 heterocycles. The zero-order valence-electron chi connectivity index (χ0n) is 12.3. The number of hydrogen-bond acceptors (Lipinski definition) is 3. The Kier molecular flexibility index (Phi) is 5.82. The zero-order valence-corrected chi connectivity index (χ0v) is 12.3. The van der Waals surface area contributed by atoms with Gasteiger partial charge in [0, 0.05) is 33.2 Å². The van der Waals surface area contributed by atoms with Gasteiger partial charge in [0.2, 0.25) is 5.91 Å². The molecule has 1 unspecified atom stereocenters. The molecular formula is C12H21F3N4O2. The number of likely N-dealkylation sites (N-methyl/N-ethyl adjacent to an activating group) is 1. The number of amides is 3. The van der Waals surface area contributed by atoms with Gasteiger partial charge < -0.3 is 15.5 Å². The van der Waals surface area contributed by atoms with Crippen molar-refractivity contribution in [2.24, 2.45) is 0 Å². The lowest BCUT2D eigenvalue weighted by molar-refractivity contribution is -0.143. The molecule has 122 valence electrons. The minimum Gasteiger partial charge on any atom is -0.347 e. The van der Waals surface area contributed by atoms with Crippen LogP contribution in [0.3, 0.4) is 0 Å². The van der Waals surface area contributed by atoms with E-state index in [2.05, 4.69) is 10.6 Å². The van der Waals surface area contributed by atoms with Gasteiger partial charge in [-0.3, -0.25) is 9.69 Å². The largest absolute Gasteiger partial charge is 0.401 e. The van der Waals surface area contributed by atoms with Crippen LogP contribution in [0.5, 0.6) is 0 Å². The van der Waals surface area contributed by atoms with E-state index >= 15 is 0 Å². The summed E-state index contributed by atoms with van der Waals surface area (Å²) in [6.45, 7) is 1.02. The van der Waals surface area contributed by atoms with E-state index in [1.807, 2.05) is 0 Å². The van der Waals surface area contributed by atoms with Crippen LogP contribution in [0, 0.1) is 0 Å². The molecule has 21 heavy (non-hydrogen) atoms. The van der Waals surface area contributed by atoms with Crippen LogP contribution in [0.25, 0.3) is 0 Å². The van der Waals surface area contributed by atoms with Crippen LogP contribution >= 0.6 is 0 Å². The molecule has 0 bridgehead atoms. The first kappa shape index (κ1) is 17.5. The van der Waals surface area contributed by atoms with Crippen molar-refractivity contribution in [3.05, 3.63) is 0 Å². The van der Waals surface area contributed by atoms with Crippen molar-refractivity contribution in [2.75, 3.05) is 33.7 Å². The number of nitrogens with zero attached hydrogens (tertiary/aromatic N) is 2. The summed E-state index contributed by atoms with van der Waals surface area (Å²) in [5.74, 6) is -0.254. The fourth-order valence-electron chi connectivity index (χ4n) is 2.22. The molecule has 1 rings (SSSR count). The highest BCUT2D eigenvalue weighted by atomic mass is 19.4. The number of hydrogen-bond donors (Lipinski definition) is 2. The van der Waals surface area contributed by atoms with E-state index in [4.69, 9.17) is 0 Å². The Labute approximate surface area is 121 Å². The Morgan fingerprint density at radius 3 is 2.52 bits per heavy atom. The fraction of sp³-hybridized carbons (Fsp3) is 0.833. The van der Waals surface area contributed by atoms with Gasteiger partial charge in [-0.05, 0) is 13.3 Å². The second kappa shape index (κ2) is 6.97. The highest BCUT2D eigenvalue weighted by Gasteiger charge is 2.34. The molecule has 1 aliphatic heterocycles. The van der Waals surface area contributed by atoms with E-state index in [1.165, 1.54) is 9.80 Å². The van der Waals surface area contributed by atoms with Gasteiger partial charge in [0.15, 0.2) is 0 Å². The lowest BCUT2D eigenvalue weighted by Crippen LogP contribution is -2.51. The van der Waals surface area contributed by atoms with Gasteiger partial charge in [-0.25, -0.2) is 4.79 Å². The van der Waals surface area contributed by atoms with Crippen molar-refractivity contribution < 1.29 is 22.8 Å². The molecule has 0 aliphatic carbocycles. The Balaban J connectivity index is 2.35. The predicted molar refractivity (Wildman–Crippen MR) is 70.7 cm³/mol. The van der Waals surface area contributed by atoms with E-state index in [0.717, 1.165) is 0 Å². The second-order valence-corrected chi connectivity index (χ2v) is 5.41. The molecule has 0 radical (unpaired) electrons. The van der Waals surface area contributed by atoms with E-state index in [1.54, 1.807) is 21.0 Å². The Bertz CT molecular complexity index is 387. The number of nitrogens with one attached hydrogen (secondary N) is 2. The van der Waals surface area contributed by atoms with Crippen molar-refractivity contribution in [1.82, 2.24) is 20.4 Å². The molecule has 0 spiro atoms. The van der Waals surface area contributed by atoms with Crippen molar-refractivity contribution in [2.45, 2.75) is 31.6 Å². The average Bonchev–Trinajstić information content (AvgIpc) is 2.72. The molecule has 0 aromatic rings. The van der Waals surface area contributed by atoms with Gasteiger partial charge in [-0.15, -0.1) is 0 Å². The van der Waals surface area contributed by atoms with Gasteiger partial charge >= 0.3 is 12.2 Å². The summed E-state index contributed by atoms with van der Waals surface area (Å²) < 4.78 is 36.8. The lowest BCUT2D eigenvalue weighted by Gasteiger charge is -2.20. The minimum absolute atomic E-state index is 0.156. The first-order chi connectivity index (χ1) is 9.58. The summed E-state index contributed by atoms with van der Waals surface area (Å²) in [7, 11) is 3.15. The maximum atomic E-state index is 12.3. The first-order valence-corrected chi connectivity index (χ1v) is 6.66. The number of halogens is 3. The molecule has 2 atom stereocenters. The molecule has 9 heteroatoms. The van der Waals surface area contributed by atoms with Crippen LogP contribution in [0.1, 0.15) is 13.3 Å². The Morgan fingerprint density at radius 1 is 1.38 bits per heavy atom. The van der Waals surface area contributed by atoms with E-state index in [9.17, 15) is 22.8 Å². The van der Waals surface area contributed by atoms with Crippen LogP contribution in [-0.4, -0.2) is 73.7 Å². The Morgan fingerprint density at radius 2 is 2.00 bits per heavy atom. The van der Waals surface area contributed by atoms with Crippen LogP contribution < -0.4 is 10.6 Å². The summed E-state index contributed by atoms with van der Waals surface area (Å²) in [6.07, 6.45) is -3.77. The second-order valence-electron chi connectivity index (χ2n) is 5.41. The molecule has 0 aromatic carbocycles. The molecule has 3 amide bonds. The molecule has 0 saturated carbocycles. The normalized spacial score (nSPS) is 21.0. The number of urea groups is 1. The maximum Gasteiger partial charge on any atom is 0.401 e. The van der Waals surface area contributed by atoms with E-state index in [-0.39, 0.29) is 25.0 Å². The minimum atomic E-state index is -4.23. The van der Waals surface area contributed by atoms with Crippen molar-refractivity contribution in [3.63, 3.8) is 0 Å². The molecule has 1 fully saturated rings. The average molecular weight is 310 g/mol. The number of rotatable bonds is 4. The van der Waals surface area contributed by atoms with Crippen LogP contribution in [-0.2, 0) is 4.79 Å². The van der Waals surface area contributed by atoms with Gasteiger partial charge in [0.1, 0.15) is 6.04 Å². The topological polar surface area (TPSA) is 64.7 Å². The molecule has 2 N–H and O–H groups in total. The maximum absolute atomic E-state index is 12.3. The summed E-state index contributed by atoms with van der Waals surface area (Å²) in [6, 6.07) is -1.57. The number of carbonyl (C=O) groups excluding carboxylic acids is 2. The third-order valence-electron chi connectivity index (χ3n) is 3.17. The van der Waals surface area contributed by atoms with Gasteiger partial charge in [-0.1, -0.05) is 0 Å². The third kappa shape index (κ3) is 6.19. The van der Waals surface area contributed by atoms with Gasteiger partial charge in [-0.2, -0.15) is 13.2 Å². The van der Waals surface area contributed by atoms with E-state index in [0.29, 0.717) is 6.42 Å². The first-order valence-electron chi connectivity index (χ1n) is 6.66. The monoisotopic (exact) mass is 310 g/mol. The highest BCUT2D eigenvalue weighted by molar-refractivity contribution is 5.86. The summed E-state index contributed by atoms with van der Waals surface area (Å²) >= 11 is 0. The Hall–Kier alpha value is -1.51. The van der Waals surface area contributed by atoms with Crippen molar-refractivity contribution in [1.29, 1.82) is 0 Å². The predicted octanol–water partition coefficient (Wildman–Crippen LogP) is 0.399. The number of likely N-dealkylation sites (tertiary alicyclic amines) is 1. The number of carbonyl (C=O) groups is 2. The standard InChI is InChI=1S/C12H21F3N4O2/c1-8(10(20)18(2)3)16-11(21)17-9-4-5-19(6-9)7-12(13,14)15/h8-9H,4-7H2,1-3H3,(H2,16,17,21)/t8-,9?/m0/s1. The quantitative estimate of drug-likeness (QED) is 0.790. The summed E-state index contributed by atoms with van der Waals surface area (Å²) in [5.41, 5.74) is 0. The van der Waals surface area contributed by atoms with Crippen molar-refractivity contribution in [3.8, 4) is 0 Å².